The summed E-state index contributed by atoms with van der Waals surface area (Å²) in [6.45, 7) is 0. The average molecular weight is 368 g/mol. The number of halogens is 3. The first kappa shape index (κ1) is 16.1. The molecule has 4 rings (SSSR count). The third-order valence-electron chi connectivity index (χ3n) is 3.62. The molecule has 0 radical (unpaired) electrons. The quantitative estimate of drug-likeness (QED) is 0.639. The normalized spacial score (nSPS) is 14.8. The van der Waals surface area contributed by atoms with Gasteiger partial charge in [-0.25, -0.2) is 4.68 Å². The molecule has 3 aromatic rings. The van der Waals surface area contributed by atoms with Crippen LogP contribution >= 0.6 is 11.8 Å². The summed E-state index contributed by atoms with van der Waals surface area (Å²) in [5, 5.41) is 16.1. The second kappa shape index (κ2) is 6.14. The van der Waals surface area contributed by atoms with E-state index in [1.165, 1.54) is 23.9 Å². The second-order valence-electron chi connectivity index (χ2n) is 5.51. The Morgan fingerprint density at radius 1 is 1.20 bits per heavy atom. The van der Waals surface area contributed by atoms with Crippen molar-refractivity contribution in [1.82, 2.24) is 30.3 Å². The number of tetrazole rings is 1. The Bertz CT molecular complexity index is 871. The van der Waals surface area contributed by atoms with Gasteiger partial charge >= 0.3 is 6.18 Å². The topological polar surface area (TPSA) is 82.5 Å². The summed E-state index contributed by atoms with van der Waals surface area (Å²) >= 11 is 1.37. The summed E-state index contributed by atoms with van der Waals surface area (Å²) < 4.78 is 44.7. The van der Waals surface area contributed by atoms with Gasteiger partial charge in [0.05, 0.1) is 17.4 Å². The van der Waals surface area contributed by atoms with Crippen LogP contribution < -0.4 is 0 Å². The number of benzene rings is 1. The molecule has 0 N–H and O–H groups in total. The van der Waals surface area contributed by atoms with E-state index < -0.39 is 11.7 Å². The number of aromatic nitrogens is 6. The van der Waals surface area contributed by atoms with Crippen LogP contribution in [0.3, 0.4) is 0 Å². The van der Waals surface area contributed by atoms with Crippen molar-refractivity contribution in [3.8, 4) is 11.4 Å². The molecule has 7 nitrogen and oxygen atoms in total. The van der Waals surface area contributed by atoms with E-state index in [2.05, 4.69) is 25.7 Å². The van der Waals surface area contributed by atoms with E-state index >= 15 is 0 Å². The first-order chi connectivity index (χ1) is 12.0. The van der Waals surface area contributed by atoms with E-state index in [0.29, 0.717) is 28.4 Å². The highest BCUT2D eigenvalue weighted by molar-refractivity contribution is 7.98. The highest BCUT2D eigenvalue weighted by atomic mass is 32.2. The number of thioether (sulfide) groups is 1. The van der Waals surface area contributed by atoms with Crippen molar-refractivity contribution in [2.24, 2.45) is 0 Å². The summed E-state index contributed by atoms with van der Waals surface area (Å²) in [5.41, 5.74) is -0.266. The van der Waals surface area contributed by atoms with Gasteiger partial charge in [-0.05, 0) is 35.4 Å². The molecular weight excluding hydrogens is 357 g/mol. The molecule has 0 aliphatic heterocycles. The Morgan fingerprint density at radius 3 is 2.64 bits per heavy atom. The predicted octanol–water partition coefficient (Wildman–Crippen LogP) is 3.37. The largest absolute Gasteiger partial charge is 0.416 e. The van der Waals surface area contributed by atoms with E-state index in [1.807, 2.05) is 0 Å². The van der Waals surface area contributed by atoms with Crippen LogP contribution in [-0.2, 0) is 11.9 Å². The molecule has 0 saturated heterocycles. The van der Waals surface area contributed by atoms with Gasteiger partial charge in [0.15, 0.2) is 0 Å². The first-order valence-electron chi connectivity index (χ1n) is 7.41. The van der Waals surface area contributed by atoms with Gasteiger partial charge in [0.2, 0.25) is 16.9 Å². The molecule has 0 atom stereocenters. The van der Waals surface area contributed by atoms with E-state index in [1.54, 1.807) is 4.68 Å². The molecule has 1 aromatic carbocycles. The van der Waals surface area contributed by atoms with Crippen LogP contribution in [0.15, 0.2) is 33.9 Å². The smallest absolute Gasteiger partial charge is 0.338 e. The molecule has 0 amide bonds. The van der Waals surface area contributed by atoms with Gasteiger partial charge in [-0.3, -0.25) is 0 Å². The lowest BCUT2D eigenvalue weighted by Crippen LogP contribution is -2.04. The Kier molecular flexibility index (Phi) is 3.94. The first-order valence-corrected chi connectivity index (χ1v) is 8.40. The number of alkyl halides is 3. The highest BCUT2D eigenvalue weighted by Crippen LogP contribution is 2.37. The summed E-state index contributed by atoms with van der Waals surface area (Å²) in [5.74, 6) is 0.970. The third-order valence-corrected chi connectivity index (χ3v) is 4.54. The minimum Gasteiger partial charge on any atom is -0.338 e. The molecule has 0 spiro atoms. The van der Waals surface area contributed by atoms with Crippen molar-refractivity contribution >= 4 is 11.8 Å². The zero-order valence-electron chi connectivity index (χ0n) is 12.6. The SMILES string of the molecule is FC(F)(F)c1ccc(-c2noc(CSc3nnnn3C3CC3)n2)cc1. The van der Waals surface area contributed by atoms with Gasteiger partial charge in [0, 0.05) is 5.56 Å². The van der Waals surface area contributed by atoms with Crippen LogP contribution in [0.4, 0.5) is 13.2 Å². The molecule has 25 heavy (non-hydrogen) atoms. The van der Waals surface area contributed by atoms with E-state index in [-0.39, 0.29) is 5.82 Å². The molecule has 1 aliphatic carbocycles. The third kappa shape index (κ3) is 3.50. The van der Waals surface area contributed by atoms with Gasteiger partial charge in [-0.15, -0.1) is 5.10 Å². The maximum atomic E-state index is 12.6. The Balaban J connectivity index is 1.44. The van der Waals surface area contributed by atoms with Crippen molar-refractivity contribution in [2.75, 3.05) is 0 Å². The van der Waals surface area contributed by atoms with Gasteiger partial charge in [0.1, 0.15) is 0 Å². The van der Waals surface area contributed by atoms with E-state index in [9.17, 15) is 13.2 Å². The van der Waals surface area contributed by atoms with Crippen LogP contribution in [0.5, 0.6) is 0 Å². The summed E-state index contributed by atoms with van der Waals surface area (Å²) in [6, 6.07) is 4.98. The lowest BCUT2D eigenvalue weighted by Gasteiger charge is -2.05. The maximum absolute atomic E-state index is 12.6. The van der Waals surface area contributed by atoms with Crippen molar-refractivity contribution in [3.63, 3.8) is 0 Å². The zero-order valence-corrected chi connectivity index (χ0v) is 13.5. The van der Waals surface area contributed by atoms with Crippen molar-refractivity contribution in [1.29, 1.82) is 0 Å². The molecule has 2 aromatic heterocycles. The van der Waals surface area contributed by atoms with Gasteiger partial charge in [-0.2, -0.15) is 18.2 Å². The number of hydrogen-bond donors (Lipinski definition) is 0. The number of hydrogen-bond acceptors (Lipinski definition) is 7. The van der Waals surface area contributed by atoms with Gasteiger partial charge < -0.3 is 4.52 Å². The molecule has 130 valence electrons. The van der Waals surface area contributed by atoms with Crippen LogP contribution in [0.1, 0.15) is 30.3 Å². The van der Waals surface area contributed by atoms with Gasteiger partial charge in [0.25, 0.3) is 0 Å². The van der Waals surface area contributed by atoms with Crippen molar-refractivity contribution < 1.29 is 17.7 Å². The molecule has 11 heteroatoms. The Labute approximate surface area is 143 Å². The van der Waals surface area contributed by atoms with Crippen LogP contribution in [0.2, 0.25) is 0 Å². The van der Waals surface area contributed by atoms with Crippen molar-refractivity contribution in [3.05, 3.63) is 35.7 Å². The lowest BCUT2D eigenvalue weighted by atomic mass is 10.1. The van der Waals surface area contributed by atoms with Crippen LogP contribution in [0, 0.1) is 0 Å². The molecule has 1 saturated carbocycles. The molecule has 0 bridgehead atoms. The number of nitrogens with zero attached hydrogens (tertiary/aromatic N) is 6. The summed E-state index contributed by atoms with van der Waals surface area (Å²) in [7, 11) is 0. The average Bonchev–Trinajstić information content (AvgIpc) is 3.14. The molecule has 2 heterocycles. The molecule has 0 unspecified atom stereocenters. The Hall–Kier alpha value is -2.43. The van der Waals surface area contributed by atoms with Crippen LogP contribution in [-0.4, -0.2) is 30.3 Å². The van der Waals surface area contributed by atoms with E-state index in [4.69, 9.17) is 4.52 Å². The maximum Gasteiger partial charge on any atom is 0.416 e. The molecule has 1 aliphatic rings. The number of rotatable bonds is 5. The summed E-state index contributed by atoms with van der Waals surface area (Å²) in [6.07, 6.45) is -2.24. The zero-order chi connectivity index (χ0) is 17.4. The van der Waals surface area contributed by atoms with E-state index in [0.717, 1.165) is 25.0 Å². The lowest BCUT2D eigenvalue weighted by molar-refractivity contribution is -0.137. The minimum atomic E-state index is -4.37. The minimum absolute atomic E-state index is 0.242. The van der Waals surface area contributed by atoms with Gasteiger partial charge in [-0.1, -0.05) is 29.1 Å². The second-order valence-corrected chi connectivity index (χ2v) is 6.46. The molecule has 1 fully saturated rings. The summed E-state index contributed by atoms with van der Waals surface area (Å²) in [4.78, 5) is 4.20. The molecular formula is C14H11F3N6OS. The van der Waals surface area contributed by atoms with Crippen LogP contribution in [0.25, 0.3) is 11.4 Å². The fourth-order valence-corrected chi connectivity index (χ4v) is 2.98. The van der Waals surface area contributed by atoms with Crippen molar-refractivity contribution in [2.45, 2.75) is 36.0 Å². The predicted molar refractivity (Wildman–Crippen MR) is 80.4 cm³/mol. The monoisotopic (exact) mass is 368 g/mol. The standard InChI is InChI=1S/C14H11F3N6OS/c15-14(16,17)9-3-1-8(2-4-9)12-18-11(24-20-12)7-25-13-19-21-22-23(13)10-5-6-10/h1-4,10H,5-7H2. The fraction of sp³-hybridized carbons (Fsp3) is 0.357. The Morgan fingerprint density at radius 2 is 1.96 bits per heavy atom. The highest BCUT2D eigenvalue weighted by Gasteiger charge is 2.30. The fourth-order valence-electron chi connectivity index (χ4n) is 2.19.